The Balaban J connectivity index is 1.45. The van der Waals surface area contributed by atoms with Crippen molar-refractivity contribution < 1.29 is 13.2 Å². The second-order valence-corrected chi connectivity index (χ2v) is 8.63. The van der Waals surface area contributed by atoms with Crippen molar-refractivity contribution >= 4 is 21.8 Å². The van der Waals surface area contributed by atoms with Gasteiger partial charge >= 0.3 is 0 Å². The van der Waals surface area contributed by atoms with E-state index in [2.05, 4.69) is 20.0 Å². The number of nitrogens with one attached hydrogen (secondary N) is 2. The van der Waals surface area contributed by atoms with Gasteiger partial charge in [0.15, 0.2) is 0 Å². The Morgan fingerprint density at radius 3 is 2.67 bits per heavy atom. The molecule has 0 saturated heterocycles. The topological polar surface area (TPSA) is 105 Å². The predicted octanol–water partition coefficient (Wildman–Crippen LogP) is 1.67. The van der Waals surface area contributed by atoms with Crippen LogP contribution in [0.25, 0.3) is 0 Å². The highest BCUT2D eigenvalue weighted by molar-refractivity contribution is 7.90. The van der Waals surface area contributed by atoms with Crippen LogP contribution in [0.4, 0.5) is 0 Å². The highest BCUT2D eigenvalue weighted by atomic mass is 32.2. The largest absolute Gasteiger partial charge is 0.350 e. The van der Waals surface area contributed by atoms with Crippen molar-refractivity contribution in [3.63, 3.8) is 0 Å². The maximum Gasteiger partial charge on any atom is 0.263 e. The van der Waals surface area contributed by atoms with Crippen LogP contribution >= 0.6 is 0 Å². The number of hydrogen-bond donors (Lipinski definition) is 2. The zero-order chi connectivity index (χ0) is 21.1. The van der Waals surface area contributed by atoms with Gasteiger partial charge in [-0.05, 0) is 30.2 Å². The lowest BCUT2D eigenvalue weighted by atomic mass is 10.1. The Kier molecular flexibility index (Phi) is 5.37. The van der Waals surface area contributed by atoms with E-state index in [9.17, 15) is 13.2 Å². The van der Waals surface area contributed by atoms with Crippen molar-refractivity contribution in [1.29, 1.82) is 0 Å². The molecule has 0 bridgehead atoms. The van der Waals surface area contributed by atoms with Crippen molar-refractivity contribution in [1.82, 2.24) is 19.6 Å². The lowest BCUT2D eigenvalue weighted by molar-refractivity contribution is -0.122. The molecule has 1 aromatic heterocycles. The summed E-state index contributed by atoms with van der Waals surface area (Å²) in [6, 6.07) is 13.7. The monoisotopic (exact) mass is 423 g/mol. The summed E-state index contributed by atoms with van der Waals surface area (Å²) < 4.78 is 28.8. The summed E-state index contributed by atoms with van der Waals surface area (Å²) >= 11 is 0. The van der Waals surface area contributed by atoms with E-state index in [1.54, 1.807) is 37.6 Å². The molecule has 0 aliphatic carbocycles. The van der Waals surface area contributed by atoms with E-state index in [4.69, 9.17) is 0 Å². The fourth-order valence-corrected chi connectivity index (χ4v) is 4.51. The number of sulfonamides is 1. The van der Waals surface area contributed by atoms with Crippen LogP contribution in [0.3, 0.4) is 0 Å². The Bertz CT molecular complexity index is 1200. The molecule has 8 nitrogen and oxygen atoms in total. The molecule has 3 aromatic rings. The summed E-state index contributed by atoms with van der Waals surface area (Å²) in [5.41, 5.74) is 2.54. The van der Waals surface area contributed by atoms with Gasteiger partial charge in [-0.25, -0.2) is 13.4 Å². The minimum absolute atomic E-state index is 0.171. The third kappa shape index (κ3) is 4.11. The first-order chi connectivity index (χ1) is 14.4. The van der Waals surface area contributed by atoms with Crippen molar-refractivity contribution in [3.8, 4) is 0 Å². The fourth-order valence-electron chi connectivity index (χ4n) is 3.27. The van der Waals surface area contributed by atoms with Gasteiger partial charge < -0.3 is 9.88 Å². The molecule has 0 radical (unpaired) electrons. The van der Waals surface area contributed by atoms with Gasteiger partial charge in [-0.3, -0.25) is 14.5 Å². The highest BCUT2D eigenvalue weighted by Gasteiger charge is 2.31. The second kappa shape index (κ2) is 8.11. The van der Waals surface area contributed by atoms with Crippen LogP contribution in [0, 0.1) is 0 Å². The van der Waals surface area contributed by atoms with Crippen LogP contribution < -0.4 is 10.0 Å². The minimum atomic E-state index is -3.63. The first-order valence-corrected chi connectivity index (χ1v) is 10.9. The normalized spacial score (nSPS) is 16.6. The summed E-state index contributed by atoms with van der Waals surface area (Å²) in [5, 5.41) is 2.89. The average Bonchev–Trinajstić information content (AvgIpc) is 3.33. The molecule has 4 rings (SSSR count). The number of imidazole rings is 1. The molecule has 2 aromatic carbocycles. The first-order valence-electron chi connectivity index (χ1n) is 9.44. The molecule has 1 aliphatic rings. The van der Waals surface area contributed by atoms with E-state index >= 15 is 0 Å². The van der Waals surface area contributed by atoms with Crippen molar-refractivity contribution in [2.75, 3.05) is 0 Å². The molecule has 30 heavy (non-hydrogen) atoms. The number of aromatic nitrogens is 2. The minimum Gasteiger partial charge on any atom is -0.350 e. The number of amidine groups is 1. The quantitative estimate of drug-likeness (QED) is 0.629. The summed E-state index contributed by atoms with van der Waals surface area (Å²) in [6.45, 7) is 2.64. The Morgan fingerprint density at radius 2 is 1.90 bits per heavy atom. The summed E-state index contributed by atoms with van der Waals surface area (Å²) in [7, 11) is -3.63. The molecule has 154 valence electrons. The molecule has 9 heteroatoms. The van der Waals surface area contributed by atoms with Crippen molar-refractivity contribution in [3.05, 3.63) is 83.9 Å². The number of fused-ring (bicyclic) bond motifs is 1. The molecule has 0 saturated carbocycles. The van der Waals surface area contributed by atoms with Crippen molar-refractivity contribution in [2.45, 2.75) is 31.0 Å². The maximum atomic E-state index is 12.6. The van der Waals surface area contributed by atoms with Gasteiger partial charge in [0.2, 0.25) is 5.91 Å². The molecule has 2 N–H and O–H groups in total. The third-order valence-electron chi connectivity index (χ3n) is 4.85. The van der Waals surface area contributed by atoms with E-state index in [0.717, 1.165) is 11.1 Å². The molecule has 1 amide bonds. The number of nitrogens with zero attached hydrogens (tertiary/aromatic N) is 3. The van der Waals surface area contributed by atoms with Gasteiger partial charge in [-0.15, -0.1) is 0 Å². The van der Waals surface area contributed by atoms with Gasteiger partial charge in [0.05, 0.1) is 11.2 Å². The smallest absolute Gasteiger partial charge is 0.263 e. The van der Waals surface area contributed by atoms with Crippen LogP contribution in [0.15, 0.2) is 77.1 Å². The lowest BCUT2D eigenvalue weighted by Crippen LogP contribution is -2.33. The number of aliphatic imine (C=N–C) groups is 1. The fraction of sp³-hybridized carbons (Fsp3) is 0.190. The van der Waals surface area contributed by atoms with E-state index in [-0.39, 0.29) is 16.6 Å². The van der Waals surface area contributed by atoms with Gasteiger partial charge in [0.1, 0.15) is 11.9 Å². The lowest BCUT2D eigenvalue weighted by Gasteiger charge is -2.13. The summed E-state index contributed by atoms with van der Waals surface area (Å²) in [4.78, 5) is 21.1. The van der Waals surface area contributed by atoms with Crippen LogP contribution in [-0.4, -0.2) is 35.8 Å². The number of carbonyl (C=O) groups is 1. The number of hydrogen-bond acceptors (Lipinski definition) is 5. The maximum absolute atomic E-state index is 12.6. The zero-order valence-electron chi connectivity index (χ0n) is 16.3. The van der Waals surface area contributed by atoms with Crippen LogP contribution in [0.2, 0.25) is 0 Å². The van der Waals surface area contributed by atoms with E-state index < -0.39 is 16.1 Å². The highest BCUT2D eigenvalue weighted by Crippen LogP contribution is 2.22. The molecule has 1 atom stereocenters. The number of carbonyl (C=O) groups excluding carboxylic acids is 1. The second-order valence-electron chi connectivity index (χ2n) is 6.98. The van der Waals surface area contributed by atoms with Crippen LogP contribution in [-0.2, 0) is 27.9 Å². The first kappa shape index (κ1) is 19.8. The summed E-state index contributed by atoms with van der Waals surface area (Å²) in [6.07, 6.45) is 5.35. The van der Waals surface area contributed by atoms with Gasteiger partial charge in [-0.1, -0.05) is 36.4 Å². The molecule has 2 heterocycles. The molecule has 1 aliphatic heterocycles. The molecular weight excluding hydrogens is 402 g/mol. The Labute approximate surface area is 174 Å². The predicted molar refractivity (Wildman–Crippen MR) is 112 cm³/mol. The van der Waals surface area contributed by atoms with E-state index in [1.165, 1.54) is 6.07 Å². The van der Waals surface area contributed by atoms with Gasteiger partial charge in [0, 0.05) is 31.0 Å². The third-order valence-corrected chi connectivity index (χ3v) is 6.25. The van der Waals surface area contributed by atoms with Gasteiger partial charge in [-0.2, -0.15) is 0 Å². The molecular formula is C21H21N5O3S. The zero-order valence-corrected chi connectivity index (χ0v) is 17.1. The molecule has 0 fully saturated rings. The Morgan fingerprint density at radius 1 is 1.17 bits per heavy atom. The van der Waals surface area contributed by atoms with Crippen LogP contribution in [0.1, 0.15) is 23.6 Å². The SMILES string of the molecule is C[C@H](N=C1NS(=O)(=O)c2ccccc21)C(=O)NCc1ccccc1Cn1ccnc1. The van der Waals surface area contributed by atoms with Crippen molar-refractivity contribution in [2.24, 2.45) is 4.99 Å². The molecule has 0 spiro atoms. The average molecular weight is 423 g/mol. The number of benzene rings is 2. The van der Waals surface area contributed by atoms with Gasteiger partial charge in [0.25, 0.3) is 10.0 Å². The number of rotatable bonds is 6. The standard InChI is InChI=1S/C21H21N5O3S/c1-15(24-20-18-8-4-5-9-19(18)30(28,29)25-20)21(27)23-12-16-6-2-3-7-17(16)13-26-11-10-22-14-26/h2-11,14-15H,12-13H2,1H3,(H,23,27)(H,24,25)/t15-/m0/s1. The number of amides is 1. The summed E-state index contributed by atoms with van der Waals surface area (Å²) in [5.74, 6) is -0.0997. The Hall–Kier alpha value is -3.46. The van der Waals surface area contributed by atoms with E-state index in [1.807, 2.05) is 35.0 Å². The van der Waals surface area contributed by atoms with E-state index in [0.29, 0.717) is 18.7 Å². The molecule has 0 unspecified atom stereocenters. The van der Waals surface area contributed by atoms with Crippen LogP contribution in [0.5, 0.6) is 0 Å².